The molecule has 0 aliphatic rings. The number of hydrogen-bond acceptors (Lipinski definition) is 4. The lowest BCUT2D eigenvalue weighted by molar-refractivity contribution is 1.07. The standard InChI is InChI=1S/C40H34N4/c1-5-15-31-26-36(35(16-6-2)28(4)27(31)3)32-23-33(37-21-13-14-22-41-37)25-34(24-32)40-43-38(29-17-9-7-10-18-29)42-39(44-40)30-19-11-8-12-20-30/h5-26H,1-4H3/b15-5-,16-6-. The van der Waals surface area contributed by atoms with Gasteiger partial charge in [0.1, 0.15) is 0 Å². The van der Waals surface area contributed by atoms with Gasteiger partial charge in [-0.3, -0.25) is 4.98 Å². The first kappa shape index (κ1) is 28.6. The molecule has 0 unspecified atom stereocenters. The Morgan fingerprint density at radius 1 is 0.500 bits per heavy atom. The summed E-state index contributed by atoms with van der Waals surface area (Å²) in [6.07, 6.45) is 10.4. The molecule has 0 fully saturated rings. The zero-order chi connectivity index (χ0) is 30.5. The van der Waals surface area contributed by atoms with E-state index in [0.717, 1.165) is 39.1 Å². The molecule has 0 radical (unpaired) electrons. The van der Waals surface area contributed by atoms with E-state index < -0.39 is 0 Å². The Bertz CT molecular complexity index is 1920. The molecule has 0 spiro atoms. The fourth-order valence-corrected chi connectivity index (χ4v) is 5.47. The molecule has 214 valence electrons. The van der Waals surface area contributed by atoms with Crippen LogP contribution in [-0.4, -0.2) is 19.9 Å². The molecule has 0 N–H and O–H groups in total. The zero-order valence-corrected chi connectivity index (χ0v) is 25.5. The van der Waals surface area contributed by atoms with Gasteiger partial charge in [0.25, 0.3) is 0 Å². The van der Waals surface area contributed by atoms with Crippen molar-refractivity contribution in [3.05, 3.63) is 144 Å². The van der Waals surface area contributed by atoms with Crippen LogP contribution in [0.5, 0.6) is 0 Å². The van der Waals surface area contributed by atoms with Crippen molar-refractivity contribution < 1.29 is 0 Å². The number of nitrogens with zero attached hydrogens (tertiary/aromatic N) is 4. The molecule has 6 aromatic rings. The third kappa shape index (κ3) is 5.88. The molecule has 4 heteroatoms. The van der Waals surface area contributed by atoms with Crippen molar-refractivity contribution in [2.24, 2.45) is 0 Å². The van der Waals surface area contributed by atoms with Crippen LogP contribution in [0.2, 0.25) is 0 Å². The summed E-state index contributed by atoms with van der Waals surface area (Å²) >= 11 is 0. The highest BCUT2D eigenvalue weighted by Crippen LogP contribution is 2.37. The van der Waals surface area contributed by atoms with Crippen LogP contribution < -0.4 is 0 Å². The summed E-state index contributed by atoms with van der Waals surface area (Å²) in [6, 6.07) is 35.0. The molecule has 0 saturated carbocycles. The predicted molar refractivity (Wildman–Crippen MR) is 184 cm³/mol. The fraction of sp³-hybridized carbons (Fsp3) is 0.100. The summed E-state index contributed by atoms with van der Waals surface area (Å²) in [7, 11) is 0. The van der Waals surface area contributed by atoms with E-state index in [1.54, 1.807) is 0 Å². The molecule has 0 aliphatic heterocycles. The van der Waals surface area contributed by atoms with Gasteiger partial charge in [0.05, 0.1) is 5.69 Å². The Hall–Kier alpha value is -5.48. The number of rotatable bonds is 7. The van der Waals surface area contributed by atoms with E-state index in [-0.39, 0.29) is 0 Å². The largest absolute Gasteiger partial charge is 0.256 e. The quantitative estimate of drug-likeness (QED) is 0.192. The van der Waals surface area contributed by atoms with Gasteiger partial charge in [-0.1, -0.05) is 91.0 Å². The molecule has 0 bridgehead atoms. The van der Waals surface area contributed by atoms with Crippen molar-refractivity contribution in [3.63, 3.8) is 0 Å². The third-order valence-corrected chi connectivity index (χ3v) is 7.83. The summed E-state index contributed by atoms with van der Waals surface area (Å²) in [5, 5.41) is 0. The molecule has 0 saturated heterocycles. The lowest BCUT2D eigenvalue weighted by Crippen LogP contribution is -2.01. The van der Waals surface area contributed by atoms with Gasteiger partial charge < -0.3 is 0 Å². The second-order valence-corrected chi connectivity index (χ2v) is 10.7. The number of pyridine rings is 1. The van der Waals surface area contributed by atoms with E-state index in [1.165, 1.54) is 22.3 Å². The van der Waals surface area contributed by atoms with Gasteiger partial charge in [-0.15, -0.1) is 0 Å². The van der Waals surface area contributed by atoms with Gasteiger partial charge in [0, 0.05) is 28.5 Å². The Labute approximate surface area is 259 Å². The Kier molecular flexibility index (Phi) is 8.33. The number of benzene rings is 4. The highest BCUT2D eigenvalue weighted by atomic mass is 15.0. The first-order valence-corrected chi connectivity index (χ1v) is 14.9. The normalized spacial score (nSPS) is 11.5. The van der Waals surface area contributed by atoms with Gasteiger partial charge in [0.15, 0.2) is 17.5 Å². The summed E-state index contributed by atoms with van der Waals surface area (Å²) in [5.41, 5.74) is 11.8. The van der Waals surface area contributed by atoms with Crippen LogP contribution in [0.25, 0.3) is 68.7 Å². The van der Waals surface area contributed by atoms with Gasteiger partial charge >= 0.3 is 0 Å². The minimum Gasteiger partial charge on any atom is -0.256 e. The van der Waals surface area contributed by atoms with E-state index in [1.807, 2.05) is 85.1 Å². The SMILES string of the molecule is C/C=C\c1cc(-c2cc(-c3ccccn3)cc(-c3nc(-c4ccccc4)nc(-c4ccccc4)n3)c2)c(/C=C\C)c(C)c1C. The Morgan fingerprint density at radius 3 is 1.61 bits per heavy atom. The molecule has 2 heterocycles. The molecular weight excluding hydrogens is 536 g/mol. The van der Waals surface area contributed by atoms with Crippen molar-refractivity contribution >= 4 is 12.2 Å². The van der Waals surface area contributed by atoms with E-state index in [2.05, 4.69) is 76.3 Å². The maximum Gasteiger partial charge on any atom is 0.164 e. The highest BCUT2D eigenvalue weighted by Gasteiger charge is 2.17. The van der Waals surface area contributed by atoms with Crippen LogP contribution in [-0.2, 0) is 0 Å². The minimum absolute atomic E-state index is 0.613. The van der Waals surface area contributed by atoms with E-state index in [0.29, 0.717) is 17.5 Å². The lowest BCUT2D eigenvalue weighted by atomic mass is 9.87. The topological polar surface area (TPSA) is 51.6 Å². The fourth-order valence-electron chi connectivity index (χ4n) is 5.47. The van der Waals surface area contributed by atoms with Gasteiger partial charge in [-0.25, -0.2) is 15.0 Å². The van der Waals surface area contributed by atoms with Crippen molar-refractivity contribution in [3.8, 4) is 56.5 Å². The number of hydrogen-bond donors (Lipinski definition) is 0. The first-order valence-electron chi connectivity index (χ1n) is 14.9. The van der Waals surface area contributed by atoms with Crippen LogP contribution in [0, 0.1) is 13.8 Å². The molecule has 4 aromatic carbocycles. The van der Waals surface area contributed by atoms with Crippen molar-refractivity contribution in [1.82, 2.24) is 19.9 Å². The first-order chi connectivity index (χ1) is 21.6. The van der Waals surface area contributed by atoms with Crippen LogP contribution >= 0.6 is 0 Å². The smallest absolute Gasteiger partial charge is 0.164 e. The van der Waals surface area contributed by atoms with E-state index in [9.17, 15) is 0 Å². The summed E-state index contributed by atoms with van der Waals surface area (Å²) in [5.74, 6) is 1.88. The summed E-state index contributed by atoms with van der Waals surface area (Å²) in [6.45, 7) is 8.52. The van der Waals surface area contributed by atoms with Gasteiger partial charge in [-0.2, -0.15) is 0 Å². The highest BCUT2D eigenvalue weighted by molar-refractivity contribution is 5.86. The number of allylic oxidation sites excluding steroid dienone is 2. The summed E-state index contributed by atoms with van der Waals surface area (Å²) < 4.78 is 0. The lowest BCUT2D eigenvalue weighted by Gasteiger charge is -2.17. The second-order valence-electron chi connectivity index (χ2n) is 10.7. The van der Waals surface area contributed by atoms with Crippen LogP contribution in [0.3, 0.4) is 0 Å². The van der Waals surface area contributed by atoms with Crippen LogP contribution in [0.4, 0.5) is 0 Å². The molecule has 0 amide bonds. The maximum absolute atomic E-state index is 5.04. The number of aromatic nitrogens is 4. The zero-order valence-electron chi connectivity index (χ0n) is 25.5. The van der Waals surface area contributed by atoms with Crippen LogP contribution in [0.1, 0.15) is 36.1 Å². The van der Waals surface area contributed by atoms with Crippen molar-refractivity contribution in [1.29, 1.82) is 0 Å². The molecule has 0 atom stereocenters. The van der Waals surface area contributed by atoms with E-state index >= 15 is 0 Å². The van der Waals surface area contributed by atoms with E-state index in [4.69, 9.17) is 19.9 Å². The maximum atomic E-state index is 5.04. The Morgan fingerprint density at radius 2 is 1.05 bits per heavy atom. The molecular formula is C40H34N4. The average Bonchev–Trinajstić information content (AvgIpc) is 3.09. The minimum atomic E-state index is 0.613. The van der Waals surface area contributed by atoms with Gasteiger partial charge in [0.2, 0.25) is 0 Å². The van der Waals surface area contributed by atoms with Crippen molar-refractivity contribution in [2.45, 2.75) is 27.7 Å². The second kappa shape index (κ2) is 12.8. The summed E-state index contributed by atoms with van der Waals surface area (Å²) in [4.78, 5) is 19.7. The van der Waals surface area contributed by atoms with Gasteiger partial charge in [-0.05, 0) is 97.5 Å². The average molecular weight is 571 g/mol. The molecule has 2 aromatic heterocycles. The molecule has 0 aliphatic carbocycles. The monoisotopic (exact) mass is 570 g/mol. The molecule has 4 nitrogen and oxygen atoms in total. The third-order valence-electron chi connectivity index (χ3n) is 7.83. The Balaban J connectivity index is 1.65. The predicted octanol–water partition coefficient (Wildman–Crippen LogP) is 10.3. The van der Waals surface area contributed by atoms with Crippen LogP contribution in [0.15, 0.2) is 121 Å². The van der Waals surface area contributed by atoms with Crippen molar-refractivity contribution in [2.75, 3.05) is 0 Å². The molecule has 44 heavy (non-hydrogen) atoms. The molecule has 6 rings (SSSR count).